The van der Waals surface area contributed by atoms with Crippen molar-refractivity contribution in [3.63, 3.8) is 0 Å². The van der Waals surface area contributed by atoms with Crippen LogP contribution in [0.1, 0.15) is 59.2 Å². The van der Waals surface area contributed by atoms with E-state index < -0.39 is 5.97 Å². The Morgan fingerprint density at radius 2 is 1.39 bits per heavy atom. The highest BCUT2D eigenvalue weighted by atomic mass is 32.2. The second-order valence-corrected chi connectivity index (χ2v) is 9.39. The van der Waals surface area contributed by atoms with Gasteiger partial charge in [-0.15, -0.1) is 0 Å². The third-order valence-corrected chi connectivity index (χ3v) is 6.89. The molecule has 0 spiro atoms. The van der Waals surface area contributed by atoms with Gasteiger partial charge in [0.05, 0.1) is 5.56 Å². The van der Waals surface area contributed by atoms with Gasteiger partial charge in [-0.3, -0.25) is 4.79 Å². The fraction of sp³-hybridized carbons (Fsp3) is 0.250. The second-order valence-electron chi connectivity index (χ2n) is 8.24. The van der Waals surface area contributed by atoms with Gasteiger partial charge in [-0.25, -0.2) is 4.79 Å². The van der Waals surface area contributed by atoms with E-state index in [4.69, 9.17) is 4.84 Å². The molecule has 1 saturated carbocycles. The highest BCUT2D eigenvalue weighted by Crippen LogP contribution is 2.30. The molecule has 0 atom stereocenters. The zero-order valence-electron chi connectivity index (χ0n) is 18.5. The Labute approximate surface area is 199 Å². The highest BCUT2D eigenvalue weighted by molar-refractivity contribution is 7.99. The maximum Gasteiger partial charge on any atom is 0.365 e. The standard InChI is InChI=1S/C28H27NO3S/c30-27(22-16-18-25(19-17-22)33-24-13-5-2-6-14-24)26(20-15-21-9-7-8-10-21)29-32-28(31)23-11-3-1-4-12-23/h1-6,11-14,16-19,21H,7-10,15,20H2. The summed E-state index contributed by atoms with van der Waals surface area (Å²) < 4.78 is 0. The number of oxime groups is 1. The van der Waals surface area contributed by atoms with E-state index in [1.54, 1.807) is 36.0 Å². The first-order valence-corrected chi connectivity index (χ1v) is 12.2. The van der Waals surface area contributed by atoms with Crippen molar-refractivity contribution in [1.29, 1.82) is 0 Å². The molecule has 0 unspecified atom stereocenters. The number of nitrogens with zero attached hydrogens (tertiary/aromatic N) is 1. The molecule has 0 aromatic heterocycles. The monoisotopic (exact) mass is 457 g/mol. The van der Waals surface area contributed by atoms with Crippen LogP contribution in [0.2, 0.25) is 0 Å². The van der Waals surface area contributed by atoms with Crippen molar-refractivity contribution in [1.82, 2.24) is 0 Å². The number of carbonyl (C=O) groups excluding carboxylic acids is 2. The minimum absolute atomic E-state index is 0.190. The normalized spacial score (nSPS) is 14.2. The topological polar surface area (TPSA) is 55.7 Å². The highest BCUT2D eigenvalue weighted by Gasteiger charge is 2.21. The molecule has 0 amide bonds. The van der Waals surface area contributed by atoms with Gasteiger partial charge in [0.25, 0.3) is 0 Å². The van der Waals surface area contributed by atoms with E-state index in [0.29, 0.717) is 29.2 Å². The number of benzene rings is 3. The molecule has 3 aromatic rings. The third kappa shape index (κ3) is 6.65. The molecule has 5 heteroatoms. The number of hydrogen-bond donors (Lipinski definition) is 0. The SMILES string of the molecule is O=C(ON=C(CCC1CCCC1)C(=O)c1ccc(Sc2ccccc2)cc1)c1ccccc1. The predicted molar refractivity (Wildman–Crippen MR) is 132 cm³/mol. The molecule has 0 heterocycles. The summed E-state index contributed by atoms with van der Waals surface area (Å²) in [5, 5.41) is 4.04. The average Bonchev–Trinajstić information content (AvgIpc) is 3.39. The maximum atomic E-state index is 13.2. The smallest absolute Gasteiger partial charge is 0.312 e. The summed E-state index contributed by atoms with van der Waals surface area (Å²) in [5.41, 5.74) is 1.26. The van der Waals surface area contributed by atoms with Gasteiger partial charge in [-0.05, 0) is 67.3 Å². The van der Waals surface area contributed by atoms with Crippen LogP contribution >= 0.6 is 11.8 Å². The molecule has 33 heavy (non-hydrogen) atoms. The Hall–Kier alpha value is -3.18. The van der Waals surface area contributed by atoms with Crippen LogP contribution in [0.25, 0.3) is 0 Å². The number of Topliss-reactive ketones (excluding diaryl/α,β-unsaturated/α-hetero) is 1. The van der Waals surface area contributed by atoms with E-state index >= 15 is 0 Å². The van der Waals surface area contributed by atoms with Crippen LogP contribution in [0.15, 0.2) is 99.9 Å². The van der Waals surface area contributed by atoms with Crippen molar-refractivity contribution in [2.45, 2.75) is 48.3 Å². The van der Waals surface area contributed by atoms with Crippen LogP contribution in [-0.4, -0.2) is 17.5 Å². The Balaban J connectivity index is 1.47. The van der Waals surface area contributed by atoms with Crippen LogP contribution < -0.4 is 0 Å². The van der Waals surface area contributed by atoms with E-state index in [1.807, 2.05) is 48.5 Å². The third-order valence-electron chi connectivity index (χ3n) is 5.87. The molecule has 4 nitrogen and oxygen atoms in total. The number of hydrogen-bond acceptors (Lipinski definition) is 5. The summed E-state index contributed by atoms with van der Waals surface area (Å²) in [6.07, 6.45) is 6.26. The summed E-state index contributed by atoms with van der Waals surface area (Å²) in [7, 11) is 0. The fourth-order valence-corrected chi connectivity index (χ4v) is 4.87. The number of rotatable bonds is 9. The van der Waals surface area contributed by atoms with Crippen molar-refractivity contribution < 1.29 is 14.4 Å². The van der Waals surface area contributed by atoms with Crippen LogP contribution in [0.5, 0.6) is 0 Å². The van der Waals surface area contributed by atoms with E-state index in [0.717, 1.165) is 16.2 Å². The van der Waals surface area contributed by atoms with Gasteiger partial charge in [0.1, 0.15) is 5.71 Å². The lowest BCUT2D eigenvalue weighted by atomic mass is 9.96. The number of carbonyl (C=O) groups is 2. The molecule has 0 bridgehead atoms. The van der Waals surface area contributed by atoms with Crippen molar-refractivity contribution in [3.8, 4) is 0 Å². The summed E-state index contributed by atoms with van der Waals surface area (Å²) >= 11 is 1.64. The zero-order valence-corrected chi connectivity index (χ0v) is 19.3. The molecule has 4 rings (SSSR count). The van der Waals surface area contributed by atoms with Crippen LogP contribution in [0.4, 0.5) is 0 Å². The van der Waals surface area contributed by atoms with E-state index in [1.165, 1.54) is 25.7 Å². The molecule has 0 aliphatic heterocycles. The summed E-state index contributed by atoms with van der Waals surface area (Å²) in [6, 6.07) is 26.3. The van der Waals surface area contributed by atoms with Crippen molar-refractivity contribution in [2.24, 2.45) is 11.1 Å². The largest absolute Gasteiger partial charge is 0.365 e. The lowest BCUT2D eigenvalue weighted by molar-refractivity contribution is 0.0514. The second kappa shape index (κ2) is 11.6. The minimum atomic E-state index is -0.559. The molecule has 168 valence electrons. The van der Waals surface area contributed by atoms with Crippen molar-refractivity contribution >= 4 is 29.2 Å². The van der Waals surface area contributed by atoms with E-state index in [2.05, 4.69) is 17.3 Å². The van der Waals surface area contributed by atoms with Crippen molar-refractivity contribution in [3.05, 3.63) is 96.1 Å². The Morgan fingerprint density at radius 3 is 2.06 bits per heavy atom. The lowest BCUT2D eigenvalue weighted by Gasteiger charge is -2.10. The molecule has 1 fully saturated rings. The molecular formula is C28H27NO3S. The van der Waals surface area contributed by atoms with Crippen LogP contribution in [0.3, 0.4) is 0 Å². The maximum absolute atomic E-state index is 13.2. The summed E-state index contributed by atoms with van der Waals surface area (Å²) in [4.78, 5) is 33.0. The lowest BCUT2D eigenvalue weighted by Crippen LogP contribution is -2.17. The van der Waals surface area contributed by atoms with Gasteiger partial charge in [-0.2, -0.15) is 0 Å². The van der Waals surface area contributed by atoms with Gasteiger partial charge in [0.2, 0.25) is 5.78 Å². The van der Waals surface area contributed by atoms with Gasteiger partial charge < -0.3 is 4.84 Å². The first-order chi connectivity index (χ1) is 16.2. The van der Waals surface area contributed by atoms with Gasteiger partial charge in [-0.1, -0.05) is 79.0 Å². The predicted octanol–water partition coefficient (Wildman–Crippen LogP) is 7.20. The molecular weight excluding hydrogens is 430 g/mol. The molecule has 0 radical (unpaired) electrons. The van der Waals surface area contributed by atoms with Crippen LogP contribution in [-0.2, 0) is 4.84 Å². The quantitative estimate of drug-likeness (QED) is 0.147. The van der Waals surface area contributed by atoms with Crippen LogP contribution in [0, 0.1) is 5.92 Å². The number of ketones is 1. The van der Waals surface area contributed by atoms with Gasteiger partial charge in [0.15, 0.2) is 0 Å². The first-order valence-electron chi connectivity index (χ1n) is 11.4. The summed E-state index contributed by atoms with van der Waals surface area (Å²) in [6.45, 7) is 0. The molecule has 0 N–H and O–H groups in total. The van der Waals surface area contributed by atoms with Gasteiger partial charge in [0, 0.05) is 15.4 Å². The van der Waals surface area contributed by atoms with E-state index in [-0.39, 0.29) is 5.78 Å². The Kier molecular flexibility index (Phi) is 8.09. The first kappa shape index (κ1) is 23.0. The van der Waals surface area contributed by atoms with Gasteiger partial charge >= 0.3 is 5.97 Å². The molecule has 1 aliphatic carbocycles. The Bertz CT molecular complexity index is 1090. The minimum Gasteiger partial charge on any atom is -0.312 e. The Morgan fingerprint density at radius 1 is 0.788 bits per heavy atom. The molecule has 3 aromatic carbocycles. The fourth-order valence-electron chi connectivity index (χ4n) is 4.03. The average molecular weight is 458 g/mol. The van der Waals surface area contributed by atoms with Crippen molar-refractivity contribution in [2.75, 3.05) is 0 Å². The summed E-state index contributed by atoms with van der Waals surface area (Å²) in [5.74, 6) is -0.140. The molecule has 1 aliphatic rings. The molecule has 0 saturated heterocycles. The van der Waals surface area contributed by atoms with E-state index in [9.17, 15) is 9.59 Å². The zero-order chi connectivity index (χ0) is 22.9.